The van der Waals surface area contributed by atoms with E-state index in [1.165, 1.54) is 12.1 Å². The molecule has 3 aliphatic rings. The summed E-state index contributed by atoms with van der Waals surface area (Å²) in [5.74, 6) is 0.0662. The molecule has 0 spiro atoms. The molecule has 1 saturated heterocycles. The number of nitrogens with one attached hydrogen (secondary N) is 2. The lowest BCUT2D eigenvalue weighted by molar-refractivity contribution is -0.139. The van der Waals surface area contributed by atoms with Crippen molar-refractivity contribution in [2.75, 3.05) is 25.6 Å². The Morgan fingerprint density at radius 3 is 2.95 bits per heavy atom. The van der Waals surface area contributed by atoms with Crippen LogP contribution in [0.15, 0.2) is 48.8 Å². The molecule has 38 heavy (non-hydrogen) atoms. The van der Waals surface area contributed by atoms with Gasteiger partial charge in [0.25, 0.3) is 5.91 Å². The fraction of sp³-hybridized carbons (Fsp3) is 0.286. The molecule has 0 radical (unpaired) electrons. The smallest absolute Gasteiger partial charge is 0.254 e. The number of hydrogen-bond donors (Lipinski definition) is 2. The number of pyridine rings is 2. The molecule has 9 nitrogen and oxygen atoms in total. The molecule has 6 heterocycles. The quantitative estimate of drug-likeness (QED) is 0.435. The Balaban J connectivity index is 1.26. The molecule has 1 fully saturated rings. The lowest BCUT2D eigenvalue weighted by Crippen LogP contribution is -2.38. The van der Waals surface area contributed by atoms with Gasteiger partial charge in [-0.05, 0) is 35.7 Å². The maximum absolute atomic E-state index is 13.7. The zero-order valence-corrected chi connectivity index (χ0v) is 20.7. The van der Waals surface area contributed by atoms with Gasteiger partial charge in [-0.3, -0.25) is 14.0 Å². The number of amides is 2. The standard InChI is InChI=1S/C28H25FN6O3/c1-34-13-22-17(16-7-9-38-14-20(16)28(34)37)3-5-24(33-22)32-21-4-2-18(19-11-31-27(36)26(19)21)23-12-30-25-10-15(29)6-8-35(23)25/h2-6,8,10,12,16,20H,7,9,11,13-14H2,1H3,(H,31,36)(H,32,33)/t16-,20+/m0/s1. The van der Waals surface area contributed by atoms with E-state index in [-0.39, 0.29) is 29.5 Å². The lowest BCUT2D eigenvalue weighted by atomic mass is 9.82. The van der Waals surface area contributed by atoms with Crippen molar-refractivity contribution in [2.45, 2.75) is 25.4 Å². The van der Waals surface area contributed by atoms with E-state index in [1.54, 1.807) is 24.3 Å². The Bertz CT molecular complexity index is 1630. The summed E-state index contributed by atoms with van der Waals surface area (Å²) in [5, 5.41) is 6.27. The minimum Gasteiger partial charge on any atom is -0.381 e. The topological polar surface area (TPSA) is 101 Å². The van der Waals surface area contributed by atoms with Crippen LogP contribution in [0.5, 0.6) is 0 Å². The number of carbonyl (C=O) groups excluding carboxylic acids is 2. The van der Waals surface area contributed by atoms with E-state index in [1.807, 2.05) is 28.7 Å². The average molecular weight is 513 g/mol. The van der Waals surface area contributed by atoms with Gasteiger partial charge in [-0.1, -0.05) is 12.1 Å². The number of halogens is 1. The molecule has 2 N–H and O–H groups in total. The molecule has 4 aromatic rings. The highest BCUT2D eigenvalue weighted by Gasteiger charge is 2.39. The molecule has 2 amide bonds. The van der Waals surface area contributed by atoms with E-state index >= 15 is 0 Å². The Morgan fingerprint density at radius 1 is 1.16 bits per heavy atom. The van der Waals surface area contributed by atoms with Crippen LogP contribution in [0.3, 0.4) is 0 Å². The molecule has 2 atom stereocenters. The normalized spacial score (nSPS) is 20.5. The number of rotatable bonds is 3. The van der Waals surface area contributed by atoms with Crippen LogP contribution < -0.4 is 10.6 Å². The summed E-state index contributed by atoms with van der Waals surface area (Å²) in [6.07, 6.45) is 4.12. The highest BCUT2D eigenvalue weighted by Crippen LogP contribution is 2.39. The van der Waals surface area contributed by atoms with Crippen molar-refractivity contribution in [3.63, 3.8) is 0 Å². The fourth-order valence-corrected chi connectivity index (χ4v) is 5.97. The Kier molecular flexibility index (Phi) is 5.19. The fourth-order valence-electron chi connectivity index (χ4n) is 5.97. The maximum atomic E-state index is 13.7. The summed E-state index contributed by atoms with van der Waals surface area (Å²) in [6, 6.07) is 10.5. The summed E-state index contributed by atoms with van der Waals surface area (Å²) >= 11 is 0. The van der Waals surface area contributed by atoms with Gasteiger partial charge in [0.1, 0.15) is 17.3 Å². The predicted octanol–water partition coefficient (Wildman–Crippen LogP) is 3.61. The highest BCUT2D eigenvalue weighted by molar-refractivity contribution is 6.06. The second-order valence-electron chi connectivity index (χ2n) is 10.0. The van der Waals surface area contributed by atoms with Crippen molar-refractivity contribution in [1.82, 2.24) is 24.6 Å². The molecule has 0 unspecified atom stereocenters. The molecule has 0 aliphatic carbocycles. The first-order valence-electron chi connectivity index (χ1n) is 12.6. The van der Waals surface area contributed by atoms with Crippen LogP contribution in [-0.2, 0) is 22.6 Å². The van der Waals surface area contributed by atoms with Gasteiger partial charge >= 0.3 is 0 Å². The predicted molar refractivity (Wildman–Crippen MR) is 137 cm³/mol. The number of carbonyl (C=O) groups is 2. The Labute approximate surface area is 217 Å². The number of nitrogens with zero attached hydrogens (tertiary/aromatic N) is 4. The molecular weight excluding hydrogens is 487 g/mol. The average Bonchev–Trinajstić information content (AvgIpc) is 3.49. The van der Waals surface area contributed by atoms with Crippen molar-refractivity contribution in [3.8, 4) is 11.3 Å². The number of anilines is 2. The maximum Gasteiger partial charge on any atom is 0.254 e. The molecule has 192 valence electrons. The van der Waals surface area contributed by atoms with E-state index in [9.17, 15) is 14.0 Å². The zero-order valence-electron chi connectivity index (χ0n) is 20.7. The number of imidazole rings is 1. The molecule has 0 bridgehead atoms. The van der Waals surface area contributed by atoms with E-state index in [0.717, 1.165) is 34.5 Å². The second-order valence-corrected chi connectivity index (χ2v) is 10.0. The molecule has 0 saturated carbocycles. The van der Waals surface area contributed by atoms with Crippen LogP contribution in [0.25, 0.3) is 16.9 Å². The number of ether oxygens (including phenoxy) is 1. The monoisotopic (exact) mass is 512 g/mol. The summed E-state index contributed by atoms with van der Waals surface area (Å²) in [4.78, 5) is 36.8. The van der Waals surface area contributed by atoms with Gasteiger partial charge < -0.3 is 20.3 Å². The third kappa shape index (κ3) is 3.55. The van der Waals surface area contributed by atoms with Gasteiger partial charge in [-0.2, -0.15) is 0 Å². The minimum atomic E-state index is -0.354. The van der Waals surface area contributed by atoms with Crippen LogP contribution >= 0.6 is 0 Å². The SMILES string of the molecule is CN1Cc2nc(Nc3ccc(-c4cnc5cc(F)ccn45)c4c3C(=O)NC4)ccc2[C@@H]2CCOC[C@H]2C1=O. The van der Waals surface area contributed by atoms with Crippen LogP contribution in [0.1, 0.15) is 39.5 Å². The number of hydrogen-bond acceptors (Lipinski definition) is 6. The summed E-state index contributed by atoms with van der Waals surface area (Å²) in [5.41, 5.74) is 6.11. The summed E-state index contributed by atoms with van der Waals surface area (Å²) in [7, 11) is 1.80. The van der Waals surface area contributed by atoms with Gasteiger partial charge in [0.15, 0.2) is 0 Å². The van der Waals surface area contributed by atoms with Gasteiger partial charge in [0, 0.05) is 43.9 Å². The molecule has 1 aromatic carbocycles. The first-order valence-corrected chi connectivity index (χ1v) is 12.6. The van der Waals surface area contributed by atoms with Gasteiger partial charge in [-0.15, -0.1) is 0 Å². The molecular formula is C28H25FN6O3. The molecule has 3 aromatic heterocycles. The van der Waals surface area contributed by atoms with Crippen LogP contribution in [-0.4, -0.2) is 51.3 Å². The van der Waals surface area contributed by atoms with E-state index in [0.29, 0.717) is 49.0 Å². The first-order chi connectivity index (χ1) is 18.5. The van der Waals surface area contributed by atoms with E-state index in [2.05, 4.69) is 15.6 Å². The van der Waals surface area contributed by atoms with Gasteiger partial charge in [-0.25, -0.2) is 14.4 Å². The molecule has 3 aliphatic heterocycles. The number of fused-ring (bicyclic) bond motifs is 5. The molecule has 7 rings (SSSR count). The molecule has 10 heteroatoms. The third-order valence-electron chi connectivity index (χ3n) is 7.83. The van der Waals surface area contributed by atoms with Crippen LogP contribution in [0.4, 0.5) is 15.9 Å². The highest BCUT2D eigenvalue weighted by atomic mass is 19.1. The minimum absolute atomic E-state index is 0.0856. The zero-order chi connectivity index (χ0) is 26.0. The van der Waals surface area contributed by atoms with Crippen molar-refractivity contribution in [2.24, 2.45) is 5.92 Å². The second kappa shape index (κ2) is 8.63. The van der Waals surface area contributed by atoms with Crippen LogP contribution in [0, 0.1) is 11.7 Å². The Hall–Kier alpha value is -4.31. The van der Waals surface area contributed by atoms with Crippen molar-refractivity contribution < 1.29 is 18.7 Å². The lowest BCUT2D eigenvalue weighted by Gasteiger charge is -2.30. The van der Waals surface area contributed by atoms with Crippen molar-refractivity contribution >= 4 is 29.0 Å². The third-order valence-corrected chi connectivity index (χ3v) is 7.83. The Morgan fingerprint density at radius 2 is 2.05 bits per heavy atom. The first kappa shape index (κ1) is 22.9. The van der Waals surface area contributed by atoms with E-state index in [4.69, 9.17) is 9.72 Å². The number of benzene rings is 1. The largest absolute Gasteiger partial charge is 0.381 e. The van der Waals surface area contributed by atoms with Crippen molar-refractivity contribution in [1.29, 1.82) is 0 Å². The van der Waals surface area contributed by atoms with Gasteiger partial charge in [0.05, 0.1) is 47.9 Å². The number of aromatic nitrogens is 3. The summed E-state index contributed by atoms with van der Waals surface area (Å²) < 4.78 is 21.1. The van der Waals surface area contributed by atoms with Crippen LogP contribution in [0.2, 0.25) is 0 Å². The van der Waals surface area contributed by atoms with Gasteiger partial charge in [0.2, 0.25) is 5.91 Å². The summed E-state index contributed by atoms with van der Waals surface area (Å²) in [6.45, 7) is 1.86. The van der Waals surface area contributed by atoms with Crippen molar-refractivity contribution in [3.05, 3.63) is 77.0 Å². The van der Waals surface area contributed by atoms with E-state index < -0.39 is 0 Å².